The van der Waals surface area contributed by atoms with Gasteiger partial charge in [-0.2, -0.15) is 0 Å². The van der Waals surface area contributed by atoms with Crippen molar-refractivity contribution in [3.63, 3.8) is 0 Å². The second-order valence-corrected chi connectivity index (χ2v) is 5.33. The van der Waals surface area contributed by atoms with Crippen LogP contribution in [0.1, 0.15) is 26.7 Å². The molecule has 3 nitrogen and oxygen atoms in total. The van der Waals surface area contributed by atoms with Crippen LogP contribution < -0.4 is 5.73 Å². The molecule has 1 aliphatic heterocycles. The lowest BCUT2D eigenvalue weighted by Gasteiger charge is -2.40. The number of ether oxygens (including phenoxy) is 1. The number of allylic oxidation sites excluding steroid dienone is 2. The van der Waals surface area contributed by atoms with Crippen molar-refractivity contribution < 1.29 is 4.74 Å². The lowest BCUT2D eigenvalue weighted by Crippen LogP contribution is -2.50. The van der Waals surface area contributed by atoms with E-state index in [1.165, 1.54) is 16.7 Å². The predicted molar refractivity (Wildman–Crippen MR) is 73.5 cm³/mol. The molecule has 0 aromatic heterocycles. The summed E-state index contributed by atoms with van der Waals surface area (Å²) in [6, 6.07) is 0. The second kappa shape index (κ2) is 3.90. The first-order chi connectivity index (χ1) is 8.61. The fourth-order valence-corrected chi connectivity index (χ4v) is 3.56. The van der Waals surface area contributed by atoms with Gasteiger partial charge in [-0.3, -0.25) is 4.99 Å². The fourth-order valence-electron chi connectivity index (χ4n) is 3.56. The number of fused-ring (bicyclic) bond motifs is 4. The van der Waals surface area contributed by atoms with Crippen molar-refractivity contribution >= 4 is 5.71 Å². The third kappa shape index (κ3) is 1.35. The topological polar surface area (TPSA) is 47.6 Å². The van der Waals surface area contributed by atoms with E-state index in [0.717, 1.165) is 18.6 Å². The molecule has 2 aliphatic carbocycles. The minimum Gasteiger partial charge on any atom is -0.359 e. The Morgan fingerprint density at radius 3 is 3.00 bits per heavy atom. The molecule has 0 spiro atoms. The van der Waals surface area contributed by atoms with Gasteiger partial charge in [-0.05, 0) is 37.0 Å². The molecule has 3 aliphatic rings. The molecule has 3 heteroatoms. The molecule has 0 aromatic rings. The SMILES string of the molecule is CC=C1C2C=C(C)C1(N)C1=CCC(OC)N=C1C2. The van der Waals surface area contributed by atoms with Crippen molar-refractivity contribution in [2.45, 2.75) is 38.5 Å². The molecule has 0 amide bonds. The Balaban J connectivity index is 2.10. The van der Waals surface area contributed by atoms with Gasteiger partial charge < -0.3 is 10.5 Å². The van der Waals surface area contributed by atoms with Gasteiger partial charge in [0.1, 0.15) is 0 Å². The van der Waals surface area contributed by atoms with Crippen molar-refractivity contribution in [2.75, 3.05) is 7.11 Å². The average Bonchev–Trinajstić information content (AvgIpc) is 2.55. The maximum Gasteiger partial charge on any atom is 0.151 e. The Labute approximate surface area is 108 Å². The largest absolute Gasteiger partial charge is 0.359 e. The first-order valence-electron chi connectivity index (χ1n) is 6.56. The van der Waals surface area contributed by atoms with Crippen LogP contribution in [0.3, 0.4) is 0 Å². The maximum absolute atomic E-state index is 6.71. The van der Waals surface area contributed by atoms with Gasteiger partial charge in [0.15, 0.2) is 6.23 Å². The molecular formula is C15H20N2O. The third-order valence-electron chi connectivity index (χ3n) is 4.48. The summed E-state index contributed by atoms with van der Waals surface area (Å²) < 4.78 is 5.34. The van der Waals surface area contributed by atoms with Gasteiger partial charge >= 0.3 is 0 Å². The Hall–Kier alpha value is -1.19. The number of rotatable bonds is 1. The van der Waals surface area contributed by atoms with E-state index in [-0.39, 0.29) is 6.23 Å². The Morgan fingerprint density at radius 1 is 1.56 bits per heavy atom. The van der Waals surface area contributed by atoms with Crippen molar-refractivity contribution in [1.29, 1.82) is 0 Å². The maximum atomic E-state index is 6.71. The smallest absolute Gasteiger partial charge is 0.151 e. The molecule has 3 unspecified atom stereocenters. The zero-order valence-corrected chi connectivity index (χ0v) is 11.2. The van der Waals surface area contributed by atoms with Gasteiger partial charge in [-0.25, -0.2) is 0 Å². The molecular weight excluding hydrogens is 224 g/mol. The van der Waals surface area contributed by atoms with Gasteiger partial charge in [0.05, 0.1) is 5.54 Å². The molecule has 3 rings (SSSR count). The summed E-state index contributed by atoms with van der Waals surface area (Å²) >= 11 is 0. The molecule has 96 valence electrons. The number of nitrogens with zero attached hydrogens (tertiary/aromatic N) is 1. The summed E-state index contributed by atoms with van der Waals surface area (Å²) in [7, 11) is 1.71. The van der Waals surface area contributed by atoms with Gasteiger partial charge in [0.25, 0.3) is 0 Å². The zero-order valence-electron chi connectivity index (χ0n) is 11.2. The van der Waals surface area contributed by atoms with E-state index < -0.39 is 5.54 Å². The van der Waals surface area contributed by atoms with E-state index in [9.17, 15) is 0 Å². The molecule has 0 saturated heterocycles. The van der Waals surface area contributed by atoms with Gasteiger partial charge in [-0.1, -0.05) is 18.2 Å². The number of hydrogen-bond acceptors (Lipinski definition) is 3. The molecule has 3 atom stereocenters. The fraction of sp³-hybridized carbons (Fsp3) is 0.533. The van der Waals surface area contributed by atoms with E-state index in [1.807, 2.05) is 0 Å². The van der Waals surface area contributed by atoms with Gasteiger partial charge in [0, 0.05) is 25.2 Å². The summed E-state index contributed by atoms with van der Waals surface area (Å²) in [5, 5.41) is 0. The molecule has 0 aromatic carbocycles. The average molecular weight is 244 g/mol. The third-order valence-corrected chi connectivity index (χ3v) is 4.48. The molecule has 2 N–H and O–H groups in total. The highest BCUT2D eigenvalue weighted by atomic mass is 16.5. The quantitative estimate of drug-likeness (QED) is 0.720. The molecule has 1 fully saturated rings. The van der Waals surface area contributed by atoms with Crippen LogP contribution in [0.2, 0.25) is 0 Å². The number of aliphatic imine (C=N–C) groups is 1. The minimum absolute atomic E-state index is 0.0285. The first-order valence-corrected chi connectivity index (χ1v) is 6.56. The van der Waals surface area contributed by atoms with Gasteiger partial charge in [0.2, 0.25) is 0 Å². The van der Waals surface area contributed by atoms with Crippen LogP contribution >= 0.6 is 0 Å². The standard InChI is InChI=1S/C15H20N2O/c1-4-11-10-7-9(2)15(11,16)12-5-6-14(18-3)17-13(12)8-10/h4-5,7,10,14H,6,8,16H2,1-3H3. The summed E-state index contributed by atoms with van der Waals surface area (Å²) in [6.45, 7) is 4.22. The predicted octanol–water partition coefficient (Wildman–Crippen LogP) is 2.35. The zero-order chi connectivity index (χ0) is 12.9. The monoisotopic (exact) mass is 244 g/mol. The highest BCUT2D eigenvalue weighted by Gasteiger charge is 2.49. The van der Waals surface area contributed by atoms with Crippen LogP contribution in [0.5, 0.6) is 0 Å². The van der Waals surface area contributed by atoms with E-state index in [4.69, 9.17) is 15.5 Å². The minimum atomic E-state index is -0.408. The Morgan fingerprint density at radius 2 is 2.33 bits per heavy atom. The second-order valence-electron chi connectivity index (χ2n) is 5.33. The normalized spacial score (nSPS) is 40.2. The Kier molecular flexibility index (Phi) is 2.57. The van der Waals surface area contributed by atoms with Crippen LogP contribution in [0.25, 0.3) is 0 Å². The van der Waals surface area contributed by atoms with Crippen LogP contribution in [-0.4, -0.2) is 24.6 Å². The van der Waals surface area contributed by atoms with Crippen LogP contribution in [-0.2, 0) is 4.74 Å². The summed E-state index contributed by atoms with van der Waals surface area (Å²) in [4.78, 5) is 4.70. The van der Waals surface area contributed by atoms with Crippen molar-refractivity contribution in [3.8, 4) is 0 Å². The molecule has 0 radical (unpaired) electrons. The lowest BCUT2D eigenvalue weighted by molar-refractivity contribution is 0.111. The lowest BCUT2D eigenvalue weighted by atomic mass is 9.70. The van der Waals surface area contributed by atoms with Gasteiger partial charge in [-0.15, -0.1) is 0 Å². The van der Waals surface area contributed by atoms with Crippen LogP contribution in [0, 0.1) is 5.92 Å². The van der Waals surface area contributed by atoms with E-state index in [1.54, 1.807) is 7.11 Å². The van der Waals surface area contributed by atoms with Crippen LogP contribution in [0.15, 0.2) is 39.9 Å². The summed E-state index contributed by atoms with van der Waals surface area (Å²) in [5.74, 6) is 0.423. The number of hydrogen-bond donors (Lipinski definition) is 1. The number of dihydropyridines is 1. The van der Waals surface area contributed by atoms with E-state index in [0.29, 0.717) is 5.92 Å². The first kappa shape index (κ1) is 11.9. The van der Waals surface area contributed by atoms with Crippen LogP contribution in [0.4, 0.5) is 0 Å². The van der Waals surface area contributed by atoms with E-state index >= 15 is 0 Å². The molecule has 1 saturated carbocycles. The summed E-state index contributed by atoms with van der Waals surface area (Å²) in [6.07, 6.45) is 8.46. The van der Waals surface area contributed by atoms with E-state index in [2.05, 4.69) is 32.1 Å². The molecule has 1 heterocycles. The highest BCUT2D eigenvalue weighted by Crippen LogP contribution is 2.49. The molecule has 18 heavy (non-hydrogen) atoms. The number of methoxy groups -OCH3 is 1. The molecule has 2 bridgehead atoms. The van der Waals surface area contributed by atoms with Crippen molar-refractivity contribution in [3.05, 3.63) is 34.9 Å². The Bertz CT molecular complexity index is 513. The van der Waals surface area contributed by atoms with Crippen molar-refractivity contribution in [1.82, 2.24) is 0 Å². The highest BCUT2D eigenvalue weighted by molar-refractivity contribution is 6.07. The van der Waals surface area contributed by atoms with Crippen molar-refractivity contribution in [2.24, 2.45) is 16.6 Å². The number of nitrogens with two attached hydrogens (primary N) is 1. The summed E-state index contributed by atoms with van der Waals surface area (Å²) in [5.41, 5.74) is 11.2.